The maximum absolute atomic E-state index is 13.0. The fraction of sp³-hybridized carbons (Fsp3) is 0.318. The first kappa shape index (κ1) is 20.0. The molecule has 30 heavy (non-hydrogen) atoms. The number of benzene rings is 2. The van der Waals surface area contributed by atoms with Crippen LogP contribution in [0.4, 0.5) is 13.6 Å². The summed E-state index contributed by atoms with van der Waals surface area (Å²) in [4.78, 5) is 14.3. The van der Waals surface area contributed by atoms with E-state index in [-0.39, 0.29) is 23.6 Å². The van der Waals surface area contributed by atoms with Crippen molar-refractivity contribution in [3.8, 4) is 0 Å². The highest BCUT2D eigenvalue weighted by Gasteiger charge is 2.28. The molecule has 1 atom stereocenters. The summed E-state index contributed by atoms with van der Waals surface area (Å²) in [5, 5.41) is 11.1. The summed E-state index contributed by atoms with van der Waals surface area (Å²) in [7, 11) is 0. The second-order valence-electron chi connectivity index (χ2n) is 7.41. The summed E-state index contributed by atoms with van der Waals surface area (Å²) in [6, 6.07) is 12.0. The van der Waals surface area contributed by atoms with E-state index in [9.17, 15) is 13.6 Å². The topological polar surface area (TPSA) is 71.3 Å². The standard InChI is InChI=1S/C22H22F2N4O2/c23-18-7-3-15(4-8-18)12-20-26-27-21(30-20)17-2-1-11-28(14-17)22(29)25-13-16-5-9-19(24)10-6-16/h3-10,17H,1-2,11-14H2,(H,25,29)/t17-/m0/s1. The van der Waals surface area contributed by atoms with Gasteiger partial charge >= 0.3 is 6.03 Å². The average molecular weight is 412 g/mol. The summed E-state index contributed by atoms with van der Waals surface area (Å²) in [6.07, 6.45) is 2.13. The van der Waals surface area contributed by atoms with Gasteiger partial charge < -0.3 is 14.6 Å². The first-order valence-corrected chi connectivity index (χ1v) is 9.91. The van der Waals surface area contributed by atoms with Gasteiger partial charge in [-0.05, 0) is 48.2 Å². The molecule has 3 aromatic rings. The van der Waals surface area contributed by atoms with Gasteiger partial charge in [-0.15, -0.1) is 10.2 Å². The molecule has 0 aliphatic carbocycles. The van der Waals surface area contributed by atoms with Crippen molar-refractivity contribution in [1.82, 2.24) is 20.4 Å². The number of hydrogen-bond donors (Lipinski definition) is 1. The number of urea groups is 1. The van der Waals surface area contributed by atoms with Gasteiger partial charge in [0.15, 0.2) is 0 Å². The van der Waals surface area contributed by atoms with Crippen molar-refractivity contribution < 1.29 is 18.0 Å². The largest absolute Gasteiger partial charge is 0.425 e. The average Bonchev–Trinajstić information content (AvgIpc) is 3.23. The zero-order valence-corrected chi connectivity index (χ0v) is 16.4. The second-order valence-corrected chi connectivity index (χ2v) is 7.41. The number of halogens is 2. The SMILES string of the molecule is O=C(NCc1ccc(F)cc1)N1CCC[C@H](c2nnc(Cc3ccc(F)cc3)o2)C1. The first-order valence-electron chi connectivity index (χ1n) is 9.91. The Morgan fingerprint density at radius 1 is 1.03 bits per heavy atom. The van der Waals surface area contributed by atoms with E-state index in [1.54, 1.807) is 29.2 Å². The molecule has 0 unspecified atom stereocenters. The molecule has 1 saturated heterocycles. The third-order valence-electron chi connectivity index (χ3n) is 5.17. The number of aromatic nitrogens is 2. The summed E-state index contributed by atoms with van der Waals surface area (Å²) < 4.78 is 31.8. The summed E-state index contributed by atoms with van der Waals surface area (Å²) >= 11 is 0. The lowest BCUT2D eigenvalue weighted by Crippen LogP contribution is -2.44. The van der Waals surface area contributed by atoms with Crippen molar-refractivity contribution in [2.24, 2.45) is 0 Å². The predicted octanol–water partition coefficient (Wildman–Crippen LogP) is 4.03. The van der Waals surface area contributed by atoms with E-state index in [0.717, 1.165) is 24.0 Å². The Labute approximate surface area is 172 Å². The second kappa shape index (κ2) is 9.02. The van der Waals surface area contributed by atoms with Gasteiger partial charge in [0, 0.05) is 19.6 Å². The Kier molecular flexibility index (Phi) is 6.02. The van der Waals surface area contributed by atoms with Crippen molar-refractivity contribution in [3.05, 3.63) is 83.1 Å². The molecule has 0 spiro atoms. The van der Waals surface area contributed by atoms with Crippen molar-refractivity contribution in [2.45, 2.75) is 31.7 Å². The van der Waals surface area contributed by atoms with Crippen molar-refractivity contribution in [2.75, 3.05) is 13.1 Å². The van der Waals surface area contributed by atoms with Gasteiger partial charge in [-0.1, -0.05) is 24.3 Å². The van der Waals surface area contributed by atoms with E-state index in [0.29, 0.717) is 37.8 Å². The van der Waals surface area contributed by atoms with Crippen molar-refractivity contribution in [1.29, 1.82) is 0 Å². The Morgan fingerprint density at radius 2 is 1.70 bits per heavy atom. The van der Waals surface area contributed by atoms with E-state index in [1.165, 1.54) is 24.3 Å². The number of piperidine rings is 1. The van der Waals surface area contributed by atoms with E-state index < -0.39 is 0 Å². The van der Waals surface area contributed by atoms with Crippen molar-refractivity contribution >= 4 is 6.03 Å². The Hall–Kier alpha value is -3.29. The minimum atomic E-state index is -0.303. The zero-order chi connectivity index (χ0) is 20.9. The van der Waals surface area contributed by atoms with E-state index in [1.807, 2.05) is 0 Å². The summed E-state index contributed by atoms with van der Waals surface area (Å²) in [5.74, 6) is 0.370. The number of likely N-dealkylation sites (tertiary alicyclic amines) is 1. The van der Waals surface area contributed by atoms with Crippen LogP contribution in [0.1, 0.15) is 41.7 Å². The highest BCUT2D eigenvalue weighted by atomic mass is 19.1. The number of hydrogen-bond acceptors (Lipinski definition) is 4. The fourth-order valence-corrected chi connectivity index (χ4v) is 3.53. The summed E-state index contributed by atoms with van der Waals surface area (Å²) in [6.45, 7) is 1.48. The van der Waals surface area contributed by atoms with Crippen LogP contribution in [0.5, 0.6) is 0 Å². The first-order chi connectivity index (χ1) is 14.6. The molecule has 8 heteroatoms. The minimum Gasteiger partial charge on any atom is -0.425 e. The zero-order valence-electron chi connectivity index (χ0n) is 16.4. The lowest BCUT2D eigenvalue weighted by Gasteiger charge is -2.31. The number of rotatable bonds is 5. The van der Waals surface area contributed by atoms with E-state index in [2.05, 4.69) is 15.5 Å². The molecule has 156 valence electrons. The fourth-order valence-electron chi connectivity index (χ4n) is 3.53. The Balaban J connectivity index is 1.33. The maximum Gasteiger partial charge on any atom is 0.317 e. The Morgan fingerprint density at radius 3 is 2.40 bits per heavy atom. The van der Waals surface area contributed by atoms with E-state index in [4.69, 9.17) is 4.42 Å². The molecule has 0 bridgehead atoms. The quantitative estimate of drug-likeness (QED) is 0.687. The third kappa shape index (κ3) is 5.00. The third-order valence-corrected chi connectivity index (χ3v) is 5.17. The van der Waals surface area contributed by atoms with Gasteiger partial charge in [-0.3, -0.25) is 0 Å². The normalized spacial score (nSPS) is 16.5. The molecule has 1 aliphatic heterocycles. The number of nitrogens with zero attached hydrogens (tertiary/aromatic N) is 3. The molecule has 4 rings (SSSR count). The van der Waals surface area contributed by atoms with Gasteiger partial charge in [-0.25, -0.2) is 13.6 Å². The molecule has 1 aliphatic rings. The minimum absolute atomic E-state index is 0.0233. The van der Waals surface area contributed by atoms with Gasteiger partial charge in [0.05, 0.1) is 12.3 Å². The van der Waals surface area contributed by atoms with E-state index >= 15 is 0 Å². The predicted molar refractivity (Wildman–Crippen MR) is 106 cm³/mol. The van der Waals surface area contributed by atoms with Crippen LogP contribution in [0.15, 0.2) is 52.9 Å². The molecule has 0 saturated carbocycles. The number of carbonyl (C=O) groups is 1. The van der Waals surface area contributed by atoms with Crippen LogP contribution in [-0.2, 0) is 13.0 Å². The number of amides is 2. The molecule has 2 aromatic carbocycles. The highest BCUT2D eigenvalue weighted by Crippen LogP contribution is 2.26. The van der Waals surface area contributed by atoms with Gasteiger partial charge in [0.25, 0.3) is 0 Å². The molecule has 0 radical (unpaired) electrons. The van der Waals surface area contributed by atoms with Crippen LogP contribution in [-0.4, -0.2) is 34.2 Å². The molecule has 6 nitrogen and oxygen atoms in total. The highest BCUT2D eigenvalue weighted by molar-refractivity contribution is 5.74. The summed E-state index contributed by atoms with van der Waals surface area (Å²) in [5.41, 5.74) is 1.72. The monoisotopic (exact) mass is 412 g/mol. The van der Waals surface area contributed by atoms with Crippen molar-refractivity contribution in [3.63, 3.8) is 0 Å². The van der Waals surface area contributed by atoms with Gasteiger partial charge in [0.2, 0.25) is 11.8 Å². The molecule has 1 fully saturated rings. The number of carbonyl (C=O) groups excluding carboxylic acids is 1. The lowest BCUT2D eigenvalue weighted by atomic mass is 9.98. The van der Waals surface area contributed by atoms with Crippen LogP contribution in [0.3, 0.4) is 0 Å². The molecular weight excluding hydrogens is 390 g/mol. The van der Waals surface area contributed by atoms with Gasteiger partial charge in [-0.2, -0.15) is 0 Å². The maximum atomic E-state index is 13.0. The molecule has 2 heterocycles. The molecule has 1 aromatic heterocycles. The smallest absolute Gasteiger partial charge is 0.317 e. The van der Waals surface area contributed by atoms with Crippen LogP contribution in [0.25, 0.3) is 0 Å². The van der Waals surface area contributed by atoms with Crippen LogP contribution in [0.2, 0.25) is 0 Å². The van der Waals surface area contributed by atoms with Crippen LogP contribution in [0, 0.1) is 11.6 Å². The molecular formula is C22H22F2N4O2. The Bertz CT molecular complexity index is 989. The molecule has 2 amide bonds. The van der Waals surface area contributed by atoms with Crippen LogP contribution >= 0.6 is 0 Å². The lowest BCUT2D eigenvalue weighted by molar-refractivity contribution is 0.173. The van der Waals surface area contributed by atoms with Crippen LogP contribution < -0.4 is 5.32 Å². The number of nitrogens with one attached hydrogen (secondary N) is 1. The van der Waals surface area contributed by atoms with Gasteiger partial charge in [0.1, 0.15) is 11.6 Å². The molecule has 1 N–H and O–H groups in total.